The second-order valence-corrected chi connectivity index (χ2v) is 9.31. The molecule has 0 spiro atoms. The number of carbonyl (C=O) groups excluding carboxylic acids is 6. The number of ketones is 1. The van der Waals surface area contributed by atoms with Crippen molar-refractivity contribution in [3.8, 4) is 0 Å². The normalized spacial score (nSPS) is 16.1. The number of Topliss-reactive ketones (excluding diaryl/α,β-unsaturated/α-hetero) is 1. The molecule has 0 saturated carbocycles. The molecule has 1 heterocycles. The number of hydrogen-bond acceptors (Lipinski definition) is 8. The van der Waals surface area contributed by atoms with E-state index in [1.165, 1.54) is 0 Å². The minimum Gasteiger partial charge on any atom is -0.465 e. The van der Waals surface area contributed by atoms with Crippen LogP contribution < -0.4 is 21.3 Å². The molecule has 1 aromatic rings. The van der Waals surface area contributed by atoms with Gasteiger partial charge in [-0.15, -0.1) is 0 Å². The Morgan fingerprint density at radius 1 is 1.03 bits per heavy atom. The van der Waals surface area contributed by atoms with Crippen molar-refractivity contribution in [2.45, 2.75) is 58.7 Å². The number of carbonyl (C=O) groups is 6. The van der Waals surface area contributed by atoms with E-state index >= 15 is 0 Å². The number of rotatable bonds is 14. The average molecular weight is 533 g/mol. The predicted molar refractivity (Wildman–Crippen MR) is 135 cm³/mol. The average Bonchev–Trinajstić information content (AvgIpc) is 3.29. The van der Waals surface area contributed by atoms with Crippen molar-refractivity contribution in [1.29, 1.82) is 0 Å². The Kier molecular flexibility index (Phi) is 12.2. The molecule has 12 nitrogen and oxygen atoms in total. The number of alkyl carbamates (subject to hydrolysis) is 1. The summed E-state index contributed by atoms with van der Waals surface area (Å²) in [4.78, 5) is 74.7. The van der Waals surface area contributed by atoms with Gasteiger partial charge in [0.2, 0.25) is 17.6 Å². The summed E-state index contributed by atoms with van der Waals surface area (Å²) in [5.74, 6) is -4.43. The van der Waals surface area contributed by atoms with Gasteiger partial charge in [0.05, 0.1) is 12.6 Å². The number of benzene rings is 1. The van der Waals surface area contributed by atoms with Gasteiger partial charge in [0.1, 0.15) is 19.2 Å². The van der Waals surface area contributed by atoms with Gasteiger partial charge in [-0.25, -0.2) is 4.79 Å². The molecular formula is C26H36N4O8. The van der Waals surface area contributed by atoms with Crippen molar-refractivity contribution >= 4 is 35.6 Å². The Morgan fingerprint density at radius 2 is 1.74 bits per heavy atom. The lowest BCUT2D eigenvalue weighted by atomic mass is 9.94. The van der Waals surface area contributed by atoms with Gasteiger partial charge in [-0.1, -0.05) is 44.2 Å². The van der Waals surface area contributed by atoms with Crippen molar-refractivity contribution in [2.24, 2.45) is 11.8 Å². The lowest BCUT2D eigenvalue weighted by molar-refractivity contribution is -0.145. The summed E-state index contributed by atoms with van der Waals surface area (Å²) in [6, 6.07) is 6.59. The van der Waals surface area contributed by atoms with Crippen molar-refractivity contribution in [2.75, 3.05) is 19.7 Å². The van der Waals surface area contributed by atoms with Crippen LogP contribution in [0, 0.1) is 11.8 Å². The molecule has 1 aliphatic heterocycles. The summed E-state index contributed by atoms with van der Waals surface area (Å²) in [6.07, 6.45) is -0.273. The van der Waals surface area contributed by atoms with Crippen LogP contribution in [-0.2, 0) is 40.1 Å². The molecule has 1 saturated heterocycles. The molecule has 0 radical (unpaired) electrons. The maximum Gasteiger partial charge on any atom is 0.408 e. The summed E-state index contributed by atoms with van der Waals surface area (Å²) >= 11 is 0. The van der Waals surface area contributed by atoms with Crippen molar-refractivity contribution in [3.05, 3.63) is 35.9 Å². The molecule has 1 unspecified atom stereocenters. The molecule has 1 fully saturated rings. The van der Waals surface area contributed by atoms with E-state index in [0.29, 0.717) is 13.0 Å². The van der Waals surface area contributed by atoms with E-state index in [9.17, 15) is 28.8 Å². The van der Waals surface area contributed by atoms with E-state index in [4.69, 9.17) is 9.47 Å². The maximum absolute atomic E-state index is 13.2. The van der Waals surface area contributed by atoms with Crippen LogP contribution >= 0.6 is 0 Å². The molecule has 4 amide bonds. The first-order valence-corrected chi connectivity index (χ1v) is 12.6. The first-order chi connectivity index (χ1) is 18.1. The highest BCUT2D eigenvalue weighted by Crippen LogP contribution is 2.17. The molecule has 0 bridgehead atoms. The van der Waals surface area contributed by atoms with Crippen LogP contribution in [0.5, 0.6) is 0 Å². The van der Waals surface area contributed by atoms with Crippen LogP contribution in [0.15, 0.2) is 30.3 Å². The van der Waals surface area contributed by atoms with Crippen LogP contribution in [0.2, 0.25) is 0 Å². The second kappa shape index (κ2) is 15.3. The summed E-state index contributed by atoms with van der Waals surface area (Å²) in [5.41, 5.74) is 0.766. The zero-order valence-corrected chi connectivity index (χ0v) is 21.9. The van der Waals surface area contributed by atoms with Gasteiger partial charge in [-0.3, -0.25) is 24.0 Å². The standard InChI is InChI=1S/C26H36N4O8/c1-4-37-21(31)14-28-25(35)22(32)19(13-18-10-11-27-23(18)33)29-24(34)20(12-16(2)3)30-26(36)38-15-17-8-6-5-7-9-17/h5-9,16,18-20H,4,10-15H2,1-3H3,(H,27,33)(H,28,35)(H,29,34)(H,30,36)/t18?,19-,20-/m0/s1. The molecular weight excluding hydrogens is 496 g/mol. The SMILES string of the molecule is CCOC(=O)CNC(=O)C(=O)[C@H](CC1CCNC1=O)NC(=O)[C@H](CC(C)C)NC(=O)OCc1ccccc1. The van der Waals surface area contributed by atoms with Crippen molar-refractivity contribution in [1.82, 2.24) is 21.3 Å². The predicted octanol–water partition coefficient (Wildman–Crippen LogP) is 0.587. The summed E-state index contributed by atoms with van der Waals surface area (Å²) in [7, 11) is 0. The van der Waals surface area contributed by atoms with E-state index < -0.39 is 54.2 Å². The molecule has 0 aliphatic carbocycles. The number of ether oxygens (including phenoxy) is 2. The maximum atomic E-state index is 13.2. The molecule has 4 N–H and O–H groups in total. The number of nitrogens with one attached hydrogen (secondary N) is 4. The van der Waals surface area contributed by atoms with Gasteiger partial charge in [-0.05, 0) is 37.7 Å². The van der Waals surface area contributed by atoms with Crippen LogP contribution in [0.3, 0.4) is 0 Å². The monoisotopic (exact) mass is 532 g/mol. The van der Waals surface area contributed by atoms with Crippen molar-refractivity contribution in [3.63, 3.8) is 0 Å². The van der Waals surface area contributed by atoms with E-state index in [2.05, 4.69) is 21.3 Å². The third kappa shape index (κ3) is 10.2. The third-order valence-corrected chi connectivity index (χ3v) is 5.77. The quantitative estimate of drug-likeness (QED) is 0.199. The molecule has 3 atom stereocenters. The lowest BCUT2D eigenvalue weighted by Gasteiger charge is -2.24. The minimum absolute atomic E-state index is 0.00122. The summed E-state index contributed by atoms with van der Waals surface area (Å²) < 4.78 is 9.95. The highest BCUT2D eigenvalue weighted by Gasteiger charge is 2.35. The molecule has 12 heteroatoms. The molecule has 1 aromatic carbocycles. The smallest absolute Gasteiger partial charge is 0.408 e. The van der Waals surface area contributed by atoms with Crippen LogP contribution in [0.4, 0.5) is 4.79 Å². The fraction of sp³-hybridized carbons (Fsp3) is 0.538. The third-order valence-electron chi connectivity index (χ3n) is 5.77. The van der Waals surface area contributed by atoms with Crippen LogP contribution in [0.25, 0.3) is 0 Å². The van der Waals surface area contributed by atoms with Gasteiger partial charge in [-0.2, -0.15) is 0 Å². The van der Waals surface area contributed by atoms with E-state index in [1.54, 1.807) is 31.2 Å². The van der Waals surface area contributed by atoms with Gasteiger partial charge in [0, 0.05) is 12.5 Å². The Morgan fingerprint density at radius 3 is 2.34 bits per heavy atom. The Labute approximate surface area is 221 Å². The molecule has 38 heavy (non-hydrogen) atoms. The van der Waals surface area contributed by atoms with Gasteiger partial charge >= 0.3 is 12.1 Å². The number of esters is 1. The fourth-order valence-corrected chi connectivity index (χ4v) is 3.88. The lowest BCUT2D eigenvalue weighted by Crippen LogP contribution is -2.55. The Balaban J connectivity index is 2.09. The topological polar surface area (TPSA) is 169 Å². The van der Waals surface area contributed by atoms with Crippen LogP contribution in [0.1, 0.15) is 45.6 Å². The first kappa shape index (κ1) is 30.3. The minimum atomic E-state index is -1.35. The van der Waals surface area contributed by atoms with E-state index in [1.807, 2.05) is 19.9 Å². The zero-order chi connectivity index (χ0) is 28.1. The second-order valence-electron chi connectivity index (χ2n) is 9.31. The Bertz CT molecular complexity index is 998. The Hall–Kier alpha value is -3.96. The molecule has 1 aliphatic rings. The van der Waals surface area contributed by atoms with Gasteiger partial charge in [0.25, 0.3) is 5.91 Å². The number of hydrogen-bond donors (Lipinski definition) is 4. The van der Waals surface area contributed by atoms with Crippen molar-refractivity contribution < 1.29 is 38.2 Å². The zero-order valence-electron chi connectivity index (χ0n) is 21.9. The molecule has 208 valence electrons. The van der Waals surface area contributed by atoms with Gasteiger partial charge < -0.3 is 30.7 Å². The molecule has 2 rings (SSSR count). The largest absolute Gasteiger partial charge is 0.465 e. The van der Waals surface area contributed by atoms with Gasteiger partial charge in [0.15, 0.2) is 0 Å². The first-order valence-electron chi connectivity index (χ1n) is 12.6. The van der Waals surface area contributed by atoms with Crippen LogP contribution in [-0.4, -0.2) is 67.3 Å². The highest BCUT2D eigenvalue weighted by atomic mass is 16.5. The molecule has 0 aromatic heterocycles. The fourth-order valence-electron chi connectivity index (χ4n) is 3.88. The van der Waals surface area contributed by atoms with E-state index in [-0.39, 0.29) is 37.9 Å². The highest BCUT2D eigenvalue weighted by molar-refractivity contribution is 6.38. The summed E-state index contributed by atoms with van der Waals surface area (Å²) in [5, 5.41) is 9.88. The van der Waals surface area contributed by atoms with E-state index in [0.717, 1.165) is 5.56 Å². The summed E-state index contributed by atoms with van der Waals surface area (Å²) in [6.45, 7) is 5.31. The number of amides is 4.